The van der Waals surface area contributed by atoms with E-state index in [1.165, 1.54) is 0 Å². The van der Waals surface area contributed by atoms with E-state index in [2.05, 4.69) is 17.4 Å². The number of carbonyl (C=O) groups is 3. The summed E-state index contributed by atoms with van der Waals surface area (Å²) in [4.78, 5) is 36.5. The molecule has 2 aliphatic rings. The molecule has 35 heavy (non-hydrogen) atoms. The Hall–Kier alpha value is -3.49. The zero-order valence-electron chi connectivity index (χ0n) is 19.4. The molecule has 1 aliphatic carbocycles. The SMILES string of the molecule is CC(CCNC(=O)OCC1c2ccccc2-c2ccccc21)CC(=O)N1CC(C(=O)O)C(F)(F)C1. The Kier molecular flexibility index (Phi) is 7.05. The molecule has 2 N–H and O–H groups in total. The molecule has 9 heteroatoms. The van der Waals surface area contributed by atoms with Crippen molar-refractivity contribution in [2.75, 3.05) is 26.2 Å². The highest BCUT2D eigenvalue weighted by molar-refractivity contribution is 5.80. The van der Waals surface area contributed by atoms with Gasteiger partial charge in [-0.1, -0.05) is 55.5 Å². The first-order valence-corrected chi connectivity index (χ1v) is 11.6. The molecular formula is C26H28F2N2O5. The van der Waals surface area contributed by atoms with Crippen LogP contribution in [-0.4, -0.2) is 60.1 Å². The molecule has 0 radical (unpaired) electrons. The number of ether oxygens (including phenoxy) is 1. The van der Waals surface area contributed by atoms with Crippen LogP contribution in [0.5, 0.6) is 0 Å². The summed E-state index contributed by atoms with van der Waals surface area (Å²) in [5.74, 6) is -7.66. The number of rotatable bonds is 8. The van der Waals surface area contributed by atoms with Crippen LogP contribution in [-0.2, 0) is 14.3 Å². The van der Waals surface area contributed by atoms with Gasteiger partial charge in [0.25, 0.3) is 5.92 Å². The standard InChI is InChI=1S/C26H28F2N2O5/c1-16(12-23(31)30-13-22(24(32)33)26(27,28)15-30)10-11-29-25(34)35-14-21-19-8-4-2-6-17(19)18-7-3-5-9-20(18)21/h2-9,16,21-22H,10-15H2,1H3,(H,29,34)(H,32,33). The van der Waals surface area contributed by atoms with Crippen molar-refractivity contribution in [2.24, 2.45) is 11.8 Å². The summed E-state index contributed by atoms with van der Waals surface area (Å²) in [6, 6.07) is 16.1. The van der Waals surface area contributed by atoms with Crippen LogP contribution in [0, 0.1) is 11.8 Å². The number of halogens is 2. The average molecular weight is 487 g/mol. The molecular weight excluding hydrogens is 458 g/mol. The molecule has 4 rings (SSSR count). The van der Waals surface area contributed by atoms with Crippen molar-refractivity contribution >= 4 is 18.0 Å². The molecule has 2 aromatic rings. The number of hydrogen-bond acceptors (Lipinski definition) is 4. The van der Waals surface area contributed by atoms with Crippen molar-refractivity contribution in [1.29, 1.82) is 0 Å². The van der Waals surface area contributed by atoms with E-state index in [1.807, 2.05) is 36.4 Å². The first-order valence-electron chi connectivity index (χ1n) is 11.6. The number of fused-ring (bicyclic) bond motifs is 3. The Labute approximate surface area is 202 Å². The summed E-state index contributed by atoms with van der Waals surface area (Å²) >= 11 is 0. The maximum Gasteiger partial charge on any atom is 0.407 e. The first kappa shape index (κ1) is 24.6. The minimum atomic E-state index is -3.43. The van der Waals surface area contributed by atoms with E-state index in [9.17, 15) is 23.2 Å². The van der Waals surface area contributed by atoms with Gasteiger partial charge in [-0.25, -0.2) is 13.6 Å². The lowest BCUT2D eigenvalue weighted by Crippen LogP contribution is -2.33. The molecule has 1 fully saturated rings. The van der Waals surface area contributed by atoms with Crippen molar-refractivity contribution in [2.45, 2.75) is 31.6 Å². The largest absolute Gasteiger partial charge is 0.481 e. The van der Waals surface area contributed by atoms with Crippen LogP contribution in [0.25, 0.3) is 11.1 Å². The van der Waals surface area contributed by atoms with Crippen LogP contribution in [0.3, 0.4) is 0 Å². The summed E-state index contributed by atoms with van der Waals surface area (Å²) in [5, 5.41) is 11.6. The average Bonchev–Trinajstić information content (AvgIpc) is 3.32. The summed E-state index contributed by atoms with van der Waals surface area (Å²) in [7, 11) is 0. The van der Waals surface area contributed by atoms with Crippen LogP contribution in [0.15, 0.2) is 48.5 Å². The predicted molar refractivity (Wildman–Crippen MR) is 124 cm³/mol. The lowest BCUT2D eigenvalue weighted by atomic mass is 9.98. The van der Waals surface area contributed by atoms with E-state index in [0.29, 0.717) is 6.42 Å². The van der Waals surface area contributed by atoms with Crippen molar-refractivity contribution in [1.82, 2.24) is 10.2 Å². The van der Waals surface area contributed by atoms with Crippen LogP contribution in [0.2, 0.25) is 0 Å². The van der Waals surface area contributed by atoms with Gasteiger partial charge in [-0.15, -0.1) is 0 Å². The predicted octanol–water partition coefficient (Wildman–Crippen LogP) is 4.12. The van der Waals surface area contributed by atoms with E-state index in [-0.39, 0.29) is 31.4 Å². The maximum absolute atomic E-state index is 13.8. The summed E-state index contributed by atoms with van der Waals surface area (Å²) < 4.78 is 33.1. The third-order valence-corrected chi connectivity index (χ3v) is 6.74. The van der Waals surface area contributed by atoms with Gasteiger partial charge in [0.15, 0.2) is 0 Å². The van der Waals surface area contributed by atoms with Crippen molar-refractivity contribution < 1.29 is 33.0 Å². The van der Waals surface area contributed by atoms with Crippen molar-refractivity contribution in [3.8, 4) is 11.1 Å². The highest BCUT2D eigenvalue weighted by Crippen LogP contribution is 2.44. The van der Waals surface area contributed by atoms with Gasteiger partial charge in [0.05, 0.1) is 6.54 Å². The van der Waals surface area contributed by atoms with Crippen molar-refractivity contribution in [3.05, 3.63) is 59.7 Å². The molecule has 1 saturated heterocycles. The minimum absolute atomic E-state index is 0.00517. The number of hydrogen-bond donors (Lipinski definition) is 2. The number of likely N-dealkylation sites (tertiary alicyclic amines) is 1. The van der Waals surface area contributed by atoms with Crippen molar-refractivity contribution in [3.63, 3.8) is 0 Å². The van der Waals surface area contributed by atoms with Gasteiger partial charge in [-0.05, 0) is 34.6 Å². The molecule has 1 aliphatic heterocycles. The third-order valence-electron chi connectivity index (χ3n) is 6.74. The van der Waals surface area contributed by atoms with E-state index in [4.69, 9.17) is 9.84 Å². The zero-order chi connectivity index (χ0) is 25.2. The van der Waals surface area contributed by atoms with Crippen LogP contribution in [0.4, 0.5) is 13.6 Å². The Bertz CT molecular complexity index is 1080. The van der Waals surface area contributed by atoms with Crippen LogP contribution < -0.4 is 5.32 Å². The molecule has 2 aromatic carbocycles. The normalized spacial score (nSPS) is 19.1. The number of amides is 2. The van der Waals surface area contributed by atoms with E-state index >= 15 is 0 Å². The fraction of sp³-hybridized carbons (Fsp3) is 0.423. The highest BCUT2D eigenvalue weighted by atomic mass is 19.3. The number of alkyl halides is 2. The van der Waals surface area contributed by atoms with Crippen LogP contribution >= 0.6 is 0 Å². The summed E-state index contributed by atoms with van der Waals surface area (Å²) in [6.07, 6.45) is -0.119. The number of alkyl carbamates (subject to hydrolysis) is 1. The molecule has 1 heterocycles. The number of carboxylic acid groups (broad SMARTS) is 1. The monoisotopic (exact) mass is 486 g/mol. The molecule has 7 nitrogen and oxygen atoms in total. The molecule has 186 valence electrons. The first-order chi connectivity index (χ1) is 16.7. The zero-order valence-corrected chi connectivity index (χ0v) is 19.4. The Morgan fingerprint density at radius 3 is 2.29 bits per heavy atom. The quantitative estimate of drug-likeness (QED) is 0.585. The van der Waals surface area contributed by atoms with Crippen LogP contribution in [0.1, 0.15) is 36.8 Å². The van der Waals surface area contributed by atoms with Gasteiger partial charge in [-0.3, -0.25) is 9.59 Å². The van der Waals surface area contributed by atoms with Gasteiger partial charge in [0, 0.05) is 25.4 Å². The number of benzene rings is 2. The van der Waals surface area contributed by atoms with Gasteiger partial charge in [0.2, 0.25) is 5.91 Å². The Morgan fingerprint density at radius 1 is 1.11 bits per heavy atom. The van der Waals surface area contributed by atoms with E-state index in [1.54, 1.807) is 6.92 Å². The lowest BCUT2D eigenvalue weighted by molar-refractivity contribution is -0.151. The smallest absolute Gasteiger partial charge is 0.407 e. The van der Waals surface area contributed by atoms with Gasteiger partial charge >= 0.3 is 12.1 Å². The number of aliphatic carboxylic acids is 1. The highest BCUT2D eigenvalue weighted by Gasteiger charge is 2.53. The van der Waals surface area contributed by atoms with Gasteiger partial charge < -0.3 is 20.1 Å². The number of nitrogens with zero attached hydrogens (tertiary/aromatic N) is 1. The molecule has 0 saturated carbocycles. The number of carboxylic acids is 1. The maximum atomic E-state index is 13.8. The lowest BCUT2D eigenvalue weighted by Gasteiger charge is -2.19. The second kappa shape index (κ2) is 10.0. The second-order valence-corrected chi connectivity index (χ2v) is 9.28. The summed E-state index contributed by atoms with van der Waals surface area (Å²) in [6.45, 7) is 0.862. The Balaban J connectivity index is 1.21. The minimum Gasteiger partial charge on any atom is -0.481 e. The number of carbonyl (C=O) groups excluding carboxylic acids is 2. The molecule has 2 amide bonds. The topological polar surface area (TPSA) is 95.9 Å². The molecule has 0 spiro atoms. The Morgan fingerprint density at radius 2 is 1.71 bits per heavy atom. The molecule has 0 aromatic heterocycles. The van der Waals surface area contributed by atoms with E-state index < -0.39 is 42.9 Å². The molecule has 2 unspecified atom stereocenters. The fourth-order valence-electron chi connectivity index (χ4n) is 4.83. The van der Waals surface area contributed by atoms with E-state index in [0.717, 1.165) is 27.2 Å². The number of nitrogens with one attached hydrogen (secondary N) is 1. The summed E-state index contributed by atoms with van der Waals surface area (Å²) in [5.41, 5.74) is 4.51. The fourth-order valence-corrected chi connectivity index (χ4v) is 4.83. The molecule has 2 atom stereocenters. The molecule has 0 bridgehead atoms. The van der Waals surface area contributed by atoms with Gasteiger partial charge in [0.1, 0.15) is 12.5 Å². The van der Waals surface area contributed by atoms with Gasteiger partial charge in [-0.2, -0.15) is 0 Å². The second-order valence-electron chi connectivity index (χ2n) is 9.28. The third kappa shape index (κ3) is 5.28.